The SMILES string of the molecule is COc1cccc(NC(=O)c2sc(-c3ccc(C(F)(F)F)cc3)nc2C)c1. The lowest BCUT2D eigenvalue weighted by Gasteiger charge is -2.06. The highest BCUT2D eigenvalue weighted by molar-refractivity contribution is 7.17. The predicted molar refractivity (Wildman–Crippen MR) is 98.2 cm³/mol. The number of hydrogen-bond acceptors (Lipinski definition) is 4. The number of halogens is 3. The van der Waals surface area contributed by atoms with Crippen molar-refractivity contribution in [2.75, 3.05) is 12.4 Å². The first kappa shape index (κ1) is 18.9. The smallest absolute Gasteiger partial charge is 0.416 e. The molecule has 1 N–H and O–H groups in total. The number of carbonyl (C=O) groups is 1. The first-order valence-corrected chi connectivity index (χ1v) is 8.70. The van der Waals surface area contributed by atoms with E-state index in [4.69, 9.17) is 4.74 Å². The highest BCUT2D eigenvalue weighted by Gasteiger charge is 2.30. The second-order valence-electron chi connectivity index (χ2n) is 5.69. The lowest BCUT2D eigenvalue weighted by atomic mass is 10.1. The average Bonchev–Trinajstić information content (AvgIpc) is 3.03. The van der Waals surface area contributed by atoms with E-state index in [0.717, 1.165) is 23.5 Å². The Labute approximate surface area is 157 Å². The van der Waals surface area contributed by atoms with Crippen LogP contribution < -0.4 is 10.1 Å². The summed E-state index contributed by atoms with van der Waals surface area (Å²) in [6.07, 6.45) is -4.39. The third-order valence-electron chi connectivity index (χ3n) is 3.79. The van der Waals surface area contributed by atoms with Crippen molar-refractivity contribution in [2.24, 2.45) is 0 Å². The van der Waals surface area contributed by atoms with Crippen molar-refractivity contribution < 1.29 is 22.7 Å². The Hall–Kier alpha value is -2.87. The van der Waals surface area contributed by atoms with Gasteiger partial charge in [0.15, 0.2) is 0 Å². The molecule has 4 nitrogen and oxygen atoms in total. The molecule has 0 aliphatic rings. The van der Waals surface area contributed by atoms with E-state index >= 15 is 0 Å². The van der Waals surface area contributed by atoms with Crippen LogP contribution in [0.5, 0.6) is 5.75 Å². The van der Waals surface area contributed by atoms with E-state index in [1.54, 1.807) is 31.2 Å². The van der Waals surface area contributed by atoms with E-state index in [9.17, 15) is 18.0 Å². The van der Waals surface area contributed by atoms with Crippen LogP contribution in [0.3, 0.4) is 0 Å². The molecule has 1 amide bonds. The number of carbonyl (C=O) groups excluding carboxylic acids is 1. The minimum absolute atomic E-state index is 0.337. The number of aryl methyl sites for hydroxylation is 1. The van der Waals surface area contributed by atoms with Crippen LogP contribution in [0.4, 0.5) is 18.9 Å². The molecular weight excluding hydrogens is 377 g/mol. The number of rotatable bonds is 4. The quantitative estimate of drug-likeness (QED) is 0.647. The molecule has 1 aromatic heterocycles. The number of thiazole rings is 1. The third kappa shape index (κ3) is 4.28. The molecule has 0 saturated carbocycles. The number of benzene rings is 2. The van der Waals surface area contributed by atoms with Crippen LogP contribution >= 0.6 is 11.3 Å². The van der Waals surface area contributed by atoms with E-state index in [2.05, 4.69) is 10.3 Å². The largest absolute Gasteiger partial charge is 0.497 e. The molecule has 0 bridgehead atoms. The minimum atomic E-state index is -4.39. The van der Waals surface area contributed by atoms with Gasteiger partial charge in [-0.1, -0.05) is 18.2 Å². The van der Waals surface area contributed by atoms with Gasteiger partial charge in [0, 0.05) is 17.3 Å². The standard InChI is InChI=1S/C19H15F3N2O2S/c1-11-16(17(25)24-14-4-3-5-15(10-14)26-2)27-18(23-11)12-6-8-13(9-7-12)19(20,21)22/h3-10H,1-2H3,(H,24,25). The second-order valence-corrected chi connectivity index (χ2v) is 6.69. The van der Waals surface area contributed by atoms with Crippen molar-refractivity contribution in [2.45, 2.75) is 13.1 Å². The molecule has 0 unspecified atom stereocenters. The van der Waals surface area contributed by atoms with E-state index in [0.29, 0.717) is 32.6 Å². The lowest BCUT2D eigenvalue weighted by Crippen LogP contribution is -2.11. The maximum atomic E-state index is 12.7. The molecule has 8 heteroatoms. The molecule has 0 saturated heterocycles. The molecule has 27 heavy (non-hydrogen) atoms. The van der Waals surface area contributed by atoms with Crippen LogP contribution in [0.25, 0.3) is 10.6 Å². The van der Waals surface area contributed by atoms with Crippen molar-refractivity contribution in [3.05, 3.63) is 64.7 Å². The Morgan fingerprint density at radius 2 is 1.85 bits per heavy atom. The molecule has 1 heterocycles. The summed E-state index contributed by atoms with van der Waals surface area (Å²) in [5.74, 6) is 0.274. The van der Waals surface area contributed by atoms with Crippen LogP contribution in [-0.4, -0.2) is 18.0 Å². The van der Waals surface area contributed by atoms with E-state index in [1.807, 2.05) is 0 Å². The van der Waals surface area contributed by atoms with Crippen LogP contribution in [0.2, 0.25) is 0 Å². The summed E-state index contributed by atoms with van der Waals surface area (Å²) < 4.78 is 43.2. The van der Waals surface area contributed by atoms with Gasteiger partial charge in [0.2, 0.25) is 0 Å². The number of alkyl halides is 3. The maximum absolute atomic E-state index is 12.7. The molecule has 2 aromatic carbocycles. The summed E-state index contributed by atoms with van der Waals surface area (Å²) in [7, 11) is 1.53. The summed E-state index contributed by atoms with van der Waals surface area (Å²) >= 11 is 1.13. The van der Waals surface area contributed by atoms with Gasteiger partial charge in [-0.05, 0) is 31.2 Å². The number of ether oxygens (including phenoxy) is 1. The van der Waals surface area contributed by atoms with Gasteiger partial charge < -0.3 is 10.1 Å². The molecule has 140 valence electrons. The van der Waals surface area contributed by atoms with Gasteiger partial charge in [0.05, 0.1) is 18.4 Å². The zero-order valence-electron chi connectivity index (χ0n) is 14.4. The molecule has 0 aliphatic heterocycles. The van der Waals surface area contributed by atoms with Crippen molar-refractivity contribution in [3.8, 4) is 16.3 Å². The molecule has 0 atom stereocenters. The fourth-order valence-electron chi connectivity index (χ4n) is 2.42. The Kier molecular flexibility index (Phi) is 5.18. The van der Waals surface area contributed by atoms with Gasteiger partial charge in [-0.25, -0.2) is 4.98 Å². The summed E-state index contributed by atoms with van der Waals surface area (Å²) in [6, 6.07) is 11.6. The Morgan fingerprint density at radius 1 is 1.15 bits per heavy atom. The monoisotopic (exact) mass is 392 g/mol. The number of methoxy groups -OCH3 is 1. The number of nitrogens with one attached hydrogen (secondary N) is 1. The minimum Gasteiger partial charge on any atom is -0.497 e. The molecule has 0 aliphatic carbocycles. The number of hydrogen-bond donors (Lipinski definition) is 1. The van der Waals surface area contributed by atoms with Crippen LogP contribution in [0.1, 0.15) is 20.9 Å². The zero-order valence-corrected chi connectivity index (χ0v) is 15.2. The van der Waals surface area contributed by atoms with Gasteiger partial charge in [-0.3, -0.25) is 4.79 Å². The van der Waals surface area contributed by atoms with Gasteiger partial charge in [0.25, 0.3) is 5.91 Å². The van der Waals surface area contributed by atoms with Crippen LogP contribution in [0.15, 0.2) is 48.5 Å². The summed E-state index contributed by atoms with van der Waals surface area (Å²) in [5.41, 5.74) is 0.880. The third-order valence-corrected chi connectivity index (χ3v) is 4.99. The van der Waals surface area contributed by atoms with Gasteiger partial charge in [-0.15, -0.1) is 11.3 Å². The second kappa shape index (κ2) is 7.40. The first-order valence-electron chi connectivity index (χ1n) is 7.88. The van der Waals surface area contributed by atoms with Crippen molar-refractivity contribution >= 4 is 22.9 Å². The predicted octanol–water partition coefficient (Wildman–Crippen LogP) is 5.40. The first-order chi connectivity index (χ1) is 12.8. The van der Waals surface area contributed by atoms with E-state index < -0.39 is 11.7 Å². The van der Waals surface area contributed by atoms with Crippen molar-refractivity contribution in [3.63, 3.8) is 0 Å². The summed E-state index contributed by atoms with van der Waals surface area (Å²) in [4.78, 5) is 17.3. The van der Waals surface area contributed by atoms with E-state index in [-0.39, 0.29) is 5.91 Å². The highest BCUT2D eigenvalue weighted by Crippen LogP contribution is 2.33. The molecule has 3 aromatic rings. The number of aromatic nitrogens is 1. The summed E-state index contributed by atoms with van der Waals surface area (Å²) in [6.45, 7) is 1.69. The molecule has 0 radical (unpaired) electrons. The van der Waals surface area contributed by atoms with Crippen molar-refractivity contribution in [1.82, 2.24) is 4.98 Å². The maximum Gasteiger partial charge on any atom is 0.416 e. The normalized spacial score (nSPS) is 11.3. The highest BCUT2D eigenvalue weighted by atomic mass is 32.1. The molecule has 0 fully saturated rings. The van der Waals surface area contributed by atoms with Crippen LogP contribution in [0, 0.1) is 6.92 Å². The molecule has 3 rings (SSSR count). The van der Waals surface area contributed by atoms with E-state index in [1.165, 1.54) is 19.2 Å². The lowest BCUT2D eigenvalue weighted by molar-refractivity contribution is -0.137. The molecular formula is C19H15F3N2O2S. The van der Waals surface area contributed by atoms with Gasteiger partial charge in [-0.2, -0.15) is 13.2 Å². The zero-order chi connectivity index (χ0) is 19.6. The fraction of sp³-hybridized carbons (Fsp3) is 0.158. The number of amides is 1. The Morgan fingerprint density at radius 3 is 2.48 bits per heavy atom. The Bertz CT molecular complexity index is 966. The molecule has 0 spiro atoms. The fourth-order valence-corrected chi connectivity index (χ4v) is 3.39. The van der Waals surface area contributed by atoms with Gasteiger partial charge >= 0.3 is 6.18 Å². The van der Waals surface area contributed by atoms with Crippen molar-refractivity contribution in [1.29, 1.82) is 0 Å². The number of anilines is 1. The average molecular weight is 392 g/mol. The topological polar surface area (TPSA) is 51.2 Å². The Balaban J connectivity index is 1.82. The number of nitrogens with zero attached hydrogens (tertiary/aromatic N) is 1. The van der Waals surface area contributed by atoms with Crippen LogP contribution in [-0.2, 0) is 6.18 Å². The van der Waals surface area contributed by atoms with Gasteiger partial charge in [0.1, 0.15) is 15.6 Å². The summed E-state index contributed by atoms with van der Waals surface area (Å²) in [5, 5.41) is 3.25.